The molecule has 0 bridgehead atoms. The maximum absolute atomic E-state index is 13.8. The molecule has 5 nitrogen and oxygen atoms in total. The molecule has 33 heavy (non-hydrogen) atoms. The zero-order valence-corrected chi connectivity index (χ0v) is 19.0. The molecule has 0 spiro atoms. The Kier molecular flexibility index (Phi) is 5.80. The molecule has 0 saturated heterocycles. The molecule has 0 unspecified atom stereocenters. The molecule has 0 saturated carbocycles. The Balaban J connectivity index is 1.52. The van der Waals surface area contributed by atoms with Gasteiger partial charge in [0.05, 0.1) is 6.42 Å². The van der Waals surface area contributed by atoms with Crippen molar-refractivity contribution in [3.63, 3.8) is 0 Å². The highest BCUT2D eigenvalue weighted by Crippen LogP contribution is 2.34. The van der Waals surface area contributed by atoms with Gasteiger partial charge in [-0.15, -0.1) is 0 Å². The van der Waals surface area contributed by atoms with Crippen molar-refractivity contribution < 1.29 is 14.5 Å². The predicted octanol–water partition coefficient (Wildman–Crippen LogP) is 2.86. The van der Waals surface area contributed by atoms with Crippen LogP contribution in [0.2, 0.25) is 0 Å². The van der Waals surface area contributed by atoms with Crippen molar-refractivity contribution in [2.45, 2.75) is 12.8 Å². The molecule has 3 aromatic rings. The first-order chi connectivity index (χ1) is 16.1. The lowest BCUT2D eigenvalue weighted by Gasteiger charge is -2.20. The Hall–Kier alpha value is -3.70. The second kappa shape index (κ2) is 9.04. The lowest BCUT2D eigenvalue weighted by Crippen LogP contribution is -2.69. The number of benzene rings is 3. The average molecular weight is 439 g/mol. The second-order valence-electron chi connectivity index (χ2n) is 8.64. The molecule has 5 heteroatoms. The van der Waals surface area contributed by atoms with Gasteiger partial charge >= 0.3 is 5.91 Å². The molecule has 2 aliphatic rings. The van der Waals surface area contributed by atoms with E-state index in [1.165, 1.54) is 0 Å². The molecule has 1 N–H and O–H groups in total. The minimum absolute atomic E-state index is 0.0186. The number of rotatable bonds is 6. The van der Waals surface area contributed by atoms with E-state index in [0.717, 1.165) is 58.9 Å². The van der Waals surface area contributed by atoms with Crippen LogP contribution in [-0.2, 0) is 11.2 Å². The summed E-state index contributed by atoms with van der Waals surface area (Å²) in [6.45, 7) is 1.50. The van der Waals surface area contributed by atoms with E-state index in [2.05, 4.69) is 40.2 Å². The maximum atomic E-state index is 13.8. The van der Waals surface area contributed by atoms with Crippen molar-refractivity contribution >= 4 is 23.0 Å². The topological polar surface area (TPSA) is 46.8 Å². The van der Waals surface area contributed by atoms with Gasteiger partial charge in [-0.3, -0.25) is 0 Å². The minimum Gasteiger partial charge on any atom is -0.492 e. The Morgan fingerprint density at radius 1 is 0.939 bits per heavy atom. The zero-order valence-electron chi connectivity index (χ0n) is 19.0. The Morgan fingerprint density at radius 2 is 1.61 bits per heavy atom. The molecule has 0 radical (unpaired) electrons. The molecule has 0 atom stereocenters. The normalized spacial score (nSPS) is 14.8. The van der Waals surface area contributed by atoms with E-state index < -0.39 is 0 Å². The number of hydrogen-bond donors (Lipinski definition) is 1. The molecule has 2 aliphatic heterocycles. The van der Waals surface area contributed by atoms with Crippen LogP contribution in [0.1, 0.15) is 23.1 Å². The highest BCUT2D eigenvalue weighted by molar-refractivity contribution is 6.26. The monoisotopic (exact) mass is 438 g/mol. The second-order valence-corrected chi connectivity index (χ2v) is 8.64. The number of likely N-dealkylation sites (N-methyl/N-ethyl adjacent to an activating group) is 1. The van der Waals surface area contributed by atoms with E-state index in [0.29, 0.717) is 12.3 Å². The van der Waals surface area contributed by atoms with Crippen LogP contribution in [0.5, 0.6) is 5.75 Å². The molecule has 166 valence electrons. The molecule has 2 heterocycles. The summed E-state index contributed by atoms with van der Waals surface area (Å²) in [5.74, 6) is 1.77. The number of carbonyl (C=O) groups excluding carboxylic acids is 1. The first-order valence-corrected chi connectivity index (χ1v) is 11.3. The summed E-state index contributed by atoms with van der Waals surface area (Å²) in [4.78, 5) is 21.2. The van der Waals surface area contributed by atoms with Crippen LogP contribution in [0.4, 0.5) is 5.69 Å². The van der Waals surface area contributed by atoms with Crippen LogP contribution < -0.4 is 14.6 Å². The van der Waals surface area contributed by atoms with E-state index in [9.17, 15) is 4.79 Å². The highest BCUT2D eigenvalue weighted by Gasteiger charge is 2.45. The molecule has 0 aliphatic carbocycles. The van der Waals surface area contributed by atoms with Crippen LogP contribution in [0.3, 0.4) is 0 Å². The first-order valence-electron chi connectivity index (χ1n) is 11.3. The van der Waals surface area contributed by atoms with Gasteiger partial charge in [0, 0.05) is 17.7 Å². The van der Waals surface area contributed by atoms with Gasteiger partial charge in [-0.2, -0.15) is 4.90 Å². The summed E-state index contributed by atoms with van der Waals surface area (Å²) in [5.41, 5.74) is 5.66. The van der Waals surface area contributed by atoms with E-state index >= 15 is 0 Å². The fourth-order valence-corrected chi connectivity index (χ4v) is 4.42. The average Bonchev–Trinajstić information content (AvgIpc) is 3.17. The van der Waals surface area contributed by atoms with Crippen molar-refractivity contribution in [1.29, 1.82) is 0 Å². The zero-order chi connectivity index (χ0) is 22.8. The Labute approximate surface area is 194 Å². The van der Waals surface area contributed by atoms with Crippen molar-refractivity contribution in [2.24, 2.45) is 0 Å². The highest BCUT2D eigenvalue weighted by atomic mass is 16.5. The van der Waals surface area contributed by atoms with Crippen LogP contribution in [-0.4, -0.2) is 43.9 Å². The molecule has 3 aromatic carbocycles. The van der Waals surface area contributed by atoms with Gasteiger partial charge in [-0.25, -0.2) is 9.79 Å². The Morgan fingerprint density at radius 3 is 2.24 bits per heavy atom. The summed E-state index contributed by atoms with van der Waals surface area (Å²) < 4.78 is 5.92. The largest absolute Gasteiger partial charge is 0.492 e. The van der Waals surface area contributed by atoms with E-state index in [1.807, 2.05) is 67.5 Å². The fourth-order valence-electron chi connectivity index (χ4n) is 4.42. The summed E-state index contributed by atoms with van der Waals surface area (Å²) in [6.07, 6.45) is 1.64. The summed E-state index contributed by atoms with van der Waals surface area (Å²) >= 11 is 0. The molecular weight excluding hydrogens is 410 g/mol. The molecule has 1 amide bonds. The first kappa shape index (κ1) is 21.2. The van der Waals surface area contributed by atoms with Gasteiger partial charge in [0.1, 0.15) is 18.0 Å². The van der Waals surface area contributed by atoms with E-state index in [1.54, 1.807) is 0 Å². The van der Waals surface area contributed by atoms with Crippen LogP contribution in [0, 0.1) is 0 Å². The van der Waals surface area contributed by atoms with Gasteiger partial charge in [-0.05, 0) is 49.8 Å². The number of amidine groups is 1. The molecular formula is C28H28N3O2+. The lowest BCUT2D eigenvalue weighted by atomic mass is 9.95. The van der Waals surface area contributed by atoms with Crippen LogP contribution in [0.25, 0.3) is 5.57 Å². The number of hydrogen-bond acceptors (Lipinski definition) is 3. The number of nitrogens with zero attached hydrogens (tertiary/aromatic N) is 2. The van der Waals surface area contributed by atoms with Crippen molar-refractivity contribution in [2.75, 3.05) is 32.1 Å². The van der Waals surface area contributed by atoms with Gasteiger partial charge in [0.15, 0.2) is 0 Å². The van der Waals surface area contributed by atoms with Gasteiger partial charge in [0.25, 0.3) is 5.84 Å². The number of aryl methyl sites for hydroxylation is 1. The minimum atomic E-state index is -0.0186. The number of ether oxygens (including phenoxy) is 1. The summed E-state index contributed by atoms with van der Waals surface area (Å²) in [7, 11) is 4.06. The number of amides is 1. The predicted molar refractivity (Wildman–Crippen MR) is 131 cm³/mol. The van der Waals surface area contributed by atoms with Crippen molar-refractivity contribution in [3.8, 4) is 5.75 Å². The molecule has 5 rings (SSSR count). The van der Waals surface area contributed by atoms with Crippen LogP contribution >= 0.6 is 0 Å². The SMILES string of the molecule is CN(C)CCOc1ccc2c(c1)CCC1=[NH+]C(=C(c3ccccc3)c3ccccc3)C(=O)N12. The van der Waals surface area contributed by atoms with Crippen molar-refractivity contribution in [3.05, 3.63) is 101 Å². The Bertz CT molecular complexity index is 1190. The van der Waals surface area contributed by atoms with E-state index in [4.69, 9.17) is 4.74 Å². The smallest absolute Gasteiger partial charge is 0.386 e. The van der Waals surface area contributed by atoms with Gasteiger partial charge in [0.2, 0.25) is 5.70 Å². The number of anilines is 1. The quantitative estimate of drug-likeness (QED) is 0.602. The van der Waals surface area contributed by atoms with Gasteiger partial charge < -0.3 is 9.64 Å². The third kappa shape index (κ3) is 4.20. The van der Waals surface area contributed by atoms with E-state index in [-0.39, 0.29) is 5.91 Å². The lowest BCUT2D eigenvalue weighted by molar-refractivity contribution is -0.385. The van der Waals surface area contributed by atoms with Gasteiger partial charge in [-0.1, -0.05) is 60.7 Å². The number of fused-ring (bicyclic) bond motifs is 3. The third-order valence-electron chi connectivity index (χ3n) is 6.06. The molecule has 0 aromatic heterocycles. The maximum Gasteiger partial charge on any atom is 0.386 e. The fraction of sp³-hybridized carbons (Fsp3) is 0.214. The standard InChI is InChI=1S/C28H27N3O2/c1-30(2)17-18-33-23-14-15-24-22(19-23)13-16-25-29-27(28(32)31(24)25)26(20-9-5-3-6-10-20)21-11-7-4-8-12-21/h3-12,14-15,19H,13,16-18H2,1-2H3/p+1. The number of nitrogens with one attached hydrogen (secondary N) is 1. The van der Waals surface area contributed by atoms with Crippen molar-refractivity contribution in [1.82, 2.24) is 4.90 Å². The number of carbonyl (C=O) groups is 1. The third-order valence-corrected chi connectivity index (χ3v) is 6.06. The summed E-state index contributed by atoms with van der Waals surface area (Å²) in [5, 5.41) is 0. The molecule has 0 fully saturated rings. The summed E-state index contributed by atoms with van der Waals surface area (Å²) in [6, 6.07) is 26.3. The van der Waals surface area contributed by atoms with Crippen LogP contribution in [0.15, 0.2) is 84.6 Å².